The van der Waals surface area contributed by atoms with Crippen molar-refractivity contribution in [3.05, 3.63) is 35.6 Å². The number of aliphatic carboxylic acids is 1. The van der Waals surface area contributed by atoms with Crippen LogP contribution in [-0.2, 0) is 4.79 Å². The van der Waals surface area contributed by atoms with Crippen LogP contribution >= 0.6 is 0 Å². The number of hydrogen-bond acceptors (Lipinski definition) is 2. The average Bonchev–Trinajstić information content (AvgIpc) is 3.26. The molecule has 0 unspecified atom stereocenters. The highest BCUT2D eigenvalue weighted by Crippen LogP contribution is 2.41. The number of amides is 2. The predicted molar refractivity (Wildman–Crippen MR) is 78.0 cm³/mol. The number of carboxylic acids is 1. The standard InChI is InChI=1S/C16H19FN2O3/c17-12-3-1-2-11(8-12)13-9-14(13)18-16(22)19-6-4-10(5-7-19)15(20)21/h1-3,8,10,13-14H,4-7,9H2,(H,18,22)(H,20,21)/t13-,14+/m0/s1. The SMILES string of the molecule is O=C(O)C1CCN(C(=O)N[C@@H]2C[C@H]2c2cccc(F)c2)CC1. The summed E-state index contributed by atoms with van der Waals surface area (Å²) in [5, 5.41) is 11.9. The van der Waals surface area contributed by atoms with Crippen molar-refractivity contribution < 1.29 is 19.1 Å². The molecule has 0 radical (unpaired) electrons. The zero-order chi connectivity index (χ0) is 15.7. The number of nitrogens with one attached hydrogen (secondary N) is 1. The van der Waals surface area contributed by atoms with Crippen LogP contribution < -0.4 is 5.32 Å². The minimum atomic E-state index is -0.784. The molecule has 2 N–H and O–H groups in total. The number of likely N-dealkylation sites (tertiary alicyclic amines) is 1. The fraction of sp³-hybridized carbons (Fsp3) is 0.500. The monoisotopic (exact) mass is 306 g/mol. The van der Waals surface area contributed by atoms with Gasteiger partial charge in [0.05, 0.1) is 5.92 Å². The number of nitrogens with zero attached hydrogens (tertiary/aromatic N) is 1. The highest BCUT2D eigenvalue weighted by Gasteiger charge is 2.40. The topological polar surface area (TPSA) is 69.6 Å². The minimum Gasteiger partial charge on any atom is -0.481 e. The number of carbonyl (C=O) groups excluding carboxylic acids is 1. The number of carboxylic acid groups (broad SMARTS) is 1. The van der Waals surface area contributed by atoms with E-state index in [0.29, 0.717) is 25.9 Å². The largest absolute Gasteiger partial charge is 0.481 e. The Morgan fingerprint density at radius 1 is 1.27 bits per heavy atom. The van der Waals surface area contributed by atoms with Crippen LogP contribution in [0.1, 0.15) is 30.7 Å². The molecule has 1 saturated carbocycles. The van der Waals surface area contributed by atoms with Crippen molar-refractivity contribution in [3.8, 4) is 0 Å². The lowest BCUT2D eigenvalue weighted by Crippen LogP contribution is -2.46. The van der Waals surface area contributed by atoms with Crippen molar-refractivity contribution in [3.63, 3.8) is 0 Å². The van der Waals surface area contributed by atoms with E-state index in [0.717, 1.165) is 12.0 Å². The molecule has 22 heavy (non-hydrogen) atoms. The molecule has 1 aliphatic heterocycles. The summed E-state index contributed by atoms with van der Waals surface area (Å²) in [6.07, 6.45) is 1.82. The summed E-state index contributed by atoms with van der Waals surface area (Å²) in [7, 11) is 0. The molecular formula is C16H19FN2O3. The molecule has 6 heteroatoms. The molecule has 2 fully saturated rings. The molecule has 1 saturated heterocycles. The van der Waals surface area contributed by atoms with E-state index in [1.54, 1.807) is 11.0 Å². The predicted octanol–water partition coefficient (Wildman–Crippen LogP) is 2.19. The maximum absolute atomic E-state index is 13.2. The molecule has 0 aromatic heterocycles. The third kappa shape index (κ3) is 3.21. The van der Waals surface area contributed by atoms with Gasteiger partial charge in [-0.15, -0.1) is 0 Å². The molecule has 3 rings (SSSR count). The highest BCUT2D eigenvalue weighted by molar-refractivity contribution is 5.76. The van der Waals surface area contributed by atoms with Crippen LogP contribution in [0.15, 0.2) is 24.3 Å². The maximum atomic E-state index is 13.2. The zero-order valence-corrected chi connectivity index (χ0v) is 12.2. The quantitative estimate of drug-likeness (QED) is 0.899. The van der Waals surface area contributed by atoms with E-state index < -0.39 is 5.97 Å². The average molecular weight is 306 g/mol. The van der Waals surface area contributed by atoms with Gasteiger partial charge in [0.25, 0.3) is 0 Å². The van der Waals surface area contributed by atoms with Crippen molar-refractivity contribution in [2.75, 3.05) is 13.1 Å². The van der Waals surface area contributed by atoms with Crippen LogP contribution in [0.5, 0.6) is 0 Å². The van der Waals surface area contributed by atoms with Gasteiger partial charge < -0.3 is 15.3 Å². The van der Waals surface area contributed by atoms with Crippen LogP contribution in [0, 0.1) is 11.7 Å². The second-order valence-corrected chi connectivity index (χ2v) is 6.05. The van der Waals surface area contributed by atoms with E-state index >= 15 is 0 Å². The molecule has 2 amide bonds. The third-order valence-electron chi connectivity index (χ3n) is 4.51. The van der Waals surface area contributed by atoms with Crippen LogP contribution in [0.4, 0.5) is 9.18 Å². The summed E-state index contributed by atoms with van der Waals surface area (Å²) in [6, 6.07) is 6.37. The number of halogens is 1. The molecule has 1 aliphatic carbocycles. The molecule has 2 atom stereocenters. The Kier molecular flexibility index (Phi) is 4.00. The summed E-state index contributed by atoms with van der Waals surface area (Å²) < 4.78 is 13.2. The van der Waals surface area contributed by atoms with Gasteiger partial charge in [-0.2, -0.15) is 0 Å². The number of hydrogen-bond donors (Lipinski definition) is 2. The van der Waals surface area contributed by atoms with Crippen LogP contribution in [0.25, 0.3) is 0 Å². The van der Waals surface area contributed by atoms with Gasteiger partial charge in [-0.1, -0.05) is 12.1 Å². The number of urea groups is 1. The first-order valence-corrected chi connectivity index (χ1v) is 7.58. The first-order valence-electron chi connectivity index (χ1n) is 7.58. The van der Waals surface area contributed by atoms with Crippen LogP contribution in [0.2, 0.25) is 0 Å². The molecule has 118 valence electrons. The normalized spacial score (nSPS) is 24.9. The number of piperidine rings is 1. The Hall–Kier alpha value is -2.11. The Labute approximate surface area is 128 Å². The van der Waals surface area contributed by atoms with Gasteiger partial charge in [0.15, 0.2) is 0 Å². The summed E-state index contributed by atoms with van der Waals surface area (Å²) >= 11 is 0. The van der Waals surface area contributed by atoms with Crippen LogP contribution in [-0.4, -0.2) is 41.1 Å². The second-order valence-electron chi connectivity index (χ2n) is 6.05. The van der Waals surface area contributed by atoms with Crippen molar-refractivity contribution in [2.45, 2.75) is 31.2 Å². The van der Waals surface area contributed by atoms with Gasteiger partial charge >= 0.3 is 12.0 Å². The number of benzene rings is 1. The Balaban J connectivity index is 1.49. The minimum absolute atomic E-state index is 0.0477. The molecule has 1 aromatic carbocycles. The summed E-state index contributed by atoms with van der Waals surface area (Å²) in [5.74, 6) is -1.21. The molecular weight excluding hydrogens is 287 g/mol. The van der Waals surface area contributed by atoms with E-state index in [1.165, 1.54) is 12.1 Å². The number of carbonyl (C=O) groups is 2. The summed E-state index contributed by atoms with van der Waals surface area (Å²) in [6.45, 7) is 0.945. The van der Waals surface area contributed by atoms with E-state index in [9.17, 15) is 14.0 Å². The van der Waals surface area contributed by atoms with Crippen molar-refractivity contribution in [1.29, 1.82) is 0 Å². The lowest BCUT2D eigenvalue weighted by atomic mass is 9.97. The summed E-state index contributed by atoms with van der Waals surface area (Å²) in [4.78, 5) is 24.7. The van der Waals surface area contributed by atoms with Crippen molar-refractivity contribution in [1.82, 2.24) is 10.2 Å². The third-order valence-corrected chi connectivity index (χ3v) is 4.51. The Bertz CT molecular complexity index is 585. The lowest BCUT2D eigenvalue weighted by molar-refractivity contribution is -0.143. The van der Waals surface area contributed by atoms with E-state index in [-0.39, 0.29) is 29.7 Å². The molecule has 2 aliphatic rings. The van der Waals surface area contributed by atoms with Gasteiger partial charge in [-0.3, -0.25) is 4.79 Å². The van der Waals surface area contributed by atoms with Crippen molar-refractivity contribution in [2.24, 2.45) is 5.92 Å². The molecule has 5 nitrogen and oxygen atoms in total. The van der Waals surface area contributed by atoms with E-state index in [4.69, 9.17) is 5.11 Å². The van der Waals surface area contributed by atoms with Gasteiger partial charge in [-0.25, -0.2) is 9.18 Å². The highest BCUT2D eigenvalue weighted by atomic mass is 19.1. The van der Waals surface area contributed by atoms with E-state index in [1.807, 2.05) is 6.07 Å². The number of rotatable bonds is 3. The zero-order valence-electron chi connectivity index (χ0n) is 12.2. The fourth-order valence-corrected chi connectivity index (χ4v) is 3.04. The summed E-state index contributed by atoms with van der Waals surface area (Å²) in [5.41, 5.74) is 0.912. The fourth-order valence-electron chi connectivity index (χ4n) is 3.04. The Morgan fingerprint density at radius 2 is 2.00 bits per heavy atom. The van der Waals surface area contributed by atoms with Gasteiger partial charge in [-0.05, 0) is 37.0 Å². The van der Waals surface area contributed by atoms with Gasteiger partial charge in [0.2, 0.25) is 0 Å². The molecule has 1 heterocycles. The Morgan fingerprint density at radius 3 is 2.64 bits per heavy atom. The van der Waals surface area contributed by atoms with Gasteiger partial charge in [0, 0.05) is 25.0 Å². The first kappa shape index (κ1) is 14.8. The molecule has 1 aromatic rings. The second kappa shape index (κ2) is 5.94. The smallest absolute Gasteiger partial charge is 0.317 e. The van der Waals surface area contributed by atoms with E-state index in [2.05, 4.69) is 5.32 Å². The first-order chi connectivity index (χ1) is 10.5. The van der Waals surface area contributed by atoms with Crippen LogP contribution in [0.3, 0.4) is 0 Å². The molecule has 0 spiro atoms. The maximum Gasteiger partial charge on any atom is 0.317 e. The molecule has 0 bridgehead atoms. The lowest BCUT2D eigenvalue weighted by Gasteiger charge is -2.30. The van der Waals surface area contributed by atoms with Crippen molar-refractivity contribution >= 4 is 12.0 Å². The van der Waals surface area contributed by atoms with Gasteiger partial charge in [0.1, 0.15) is 5.82 Å².